The Labute approximate surface area is 447 Å². The molecular weight excluding hydrogens is 1110 g/mol. The summed E-state index contributed by atoms with van der Waals surface area (Å²) in [5, 5.41) is 21.9. The van der Waals surface area contributed by atoms with E-state index in [9.17, 15) is 41.9 Å². The molecule has 0 saturated carbocycles. The second-order valence-electron chi connectivity index (χ2n) is 18.7. The quantitative estimate of drug-likeness (QED) is 0.0347. The fraction of sp³-hybridized carbons (Fsp3) is 0.412. The van der Waals surface area contributed by atoms with Crippen LogP contribution in [0.2, 0.25) is 0 Å². The average molecular weight is 1170 g/mol. The largest absolute Gasteiger partial charge is 0.391 e. The number of amides is 4. The van der Waals surface area contributed by atoms with E-state index in [0.29, 0.717) is 3.57 Å². The van der Waals surface area contributed by atoms with E-state index in [0.717, 1.165) is 21.7 Å². The summed E-state index contributed by atoms with van der Waals surface area (Å²) in [4.78, 5) is 72.8. The third-order valence-corrected chi connectivity index (χ3v) is 15.0. The van der Waals surface area contributed by atoms with Crippen LogP contribution in [0.3, 0.4) is 0 Å². The zero-order chi connectivity index (χ0) is 53.9. The number of nitrogens with one attached hydrogen (secondary N) is 5. The summed E-state index contributed by atoms with van der Waals surface area (Å²) in [6.07, 6.45) is -0.858. The van der Waals surface area contributed by atoms with Crippen molar-refractivity contribution in [1.29, 1.82) is 0 Å². The number of pyridine rings is 1. The normalized spacial score (nSPS) is 15.6. The molecule has 1 fully saturated rings. The third kappa shape index (κ3) is 15.2. The van der Waals surface area contributed by atoms with Gasteiger partial charge in [0.15, 0.2) is 0 Å². The maximum absolute atomic E-state index is 14.7. The summed E-state index contributed by atoms with van der Waals surface area (Å²) in [6.45, 7) is 11.2. The minimum absolute atomic E-state index is 0.0108. The first-order valence-corrected chi connectivity index (χ1v) is 27.1. The molecule has 0 bridgehead atoms. The molecule has 23 heteroatoms. The van der Waals surface area contributed by atoms with Crippen molar-refractivity contribution in [2.24, 2.45) is 12.5 Å². The van der Waals surface area contributed by atoms with E-state index in [-0.39, 0.29) is 98.4 Å². The molecule has 398 valence electrons. The molecule has 0 spiro atoms. The number of aromatic nitrogens is 2. The smallest absolute Gasteiger partial charge is 0.262 e. The maximum atomic E-state index is 14.7. The summed E-state index contributed by atoms with van der Waals surface area (Å²) in [5.74, 6) is -2.47. The molecule has 19 nitrogen and oxygen atoms in total. The molecule has 4 atom stereocenters. The van der Waals surface area contributed by atoms with Crippen LogP contribution in [0.15, 0.2) is 88.0 Å². The number of anilines is 3. The van der Waals surface area contributed by atoms with Gasteiger partial charge in [-0.1, -0.05) is 45.0 Å². The van der Waals surface area contributed by atoms with Crippen LogP contribution < -0.4 is 31.5 Å². The first kappa shape index (κ1) is 57.4. The number of carbonyl (C=O) groups is 4. The first-order chi connectivity index (χ1) is 35.0. The molecule has 1 aliphatic heterocycles. The van der Waals surface area contributed by atoms with E-state index >= 15 is 0 Å². The number of nitrogens with zero attached hydrogens (tertiary/aromatic N) is 3. The Morgan fingerprint density at radius 2 is 1.58 bits per heavy atom. The summed E-state index contributed by atoms with van der Waals surface area (Å²) in [6, 6.07) is 16.5. The predicted octanol–water partition coefficient (Wildman–Crippen LogP) is 5.56. The number of rotatable bonds is 23. The molecule has 1 saturated heterocycles. The van der Waals surface area contributed by atoms with Crippen LogP contribution in [0.5, 0.6) is 0 Å². The second-order valence-corrected chi connectivity index (χ2v) is 22.5. The number of hydrogen-bond donors (Lipinski definition) is 6. The van der Waals surface area contributed by atoms with E-state index in [1.165, 1.54) is 65.9 Å². The number of aryl methyl sites for hydroxylation is 2. The van der Waals surface area contributed by atoms with Crippen LogP contribution in [0.4, 0.5) is 21.6 Å². The van der Waals surface area contributed by atoms with Gasteiger partial charge in [0.05, 0.1) is 77.5 Å². The van der Waals surface area contributed by atoms with Crippen molar-refractivity contribution >= 4 is 84.8 Å². The highest BCUT2D eigenvalue weighted by molar-refractivity contribution is 14.1. The number of likely N-dealkylation sites (tertiary alicyclic amines) is 1. The fourth-order valence-electron chi connectivity index (χ4n) is 7.99. The van der Waals surface area contributed by atoms with E-state index in [4.69, 9.17) is 14.2 Å². The number of aliphatic hydroxyl groups is 1. The summed E-state index contributed by atoms with van der Waals surface area (Å²) >= 11 is 3.51. The maximum Gasteiger partial charge on any atom is 0.262 e. The molecule has 0 radical (unpaired) electrons. The predicted molar refractivity (Wildman–Crippen MR) is 287 cm³/mol. The van der Waals surface area contributed by atoms with Gasteiger partial charge in [-0.2, -0.15) is 0 Å². The van der Waals surface area contributed by atoms with Crippen molar-refractivity contribution < 1.29 is 51.3 Å². The third-order valence-electron chi connectivity index (χ3n) is 12.0. The van der Waals surface area contributed by atoms with Gasteiger partial charge in [0.2, 0.25) is 17.7 Å². The van der Waals surface area contributed by atoms with Gasteiger partial charge in [-0.15, -0.1) is 11.3 Å². The van der Waals surface area contributed by atoms with E-state index in [1.807, 2.05) is 60.7 Å². The van der Waals surface area contributed by atoms with Crippen molar-refractivity contribution in [1.82, 2.24) is 30.4 Å². The molecule has 74 heavy (non-hydrogen) atoms. The monoisotopic (exact) mass is 1170 g/mol. The van der Waals surface area contributed by atoms with Gasteiger partial charge >= 0.3 is 0 Å². The van der Waals surface area contributed by atoms with E-state index < -0.39 is 68.6 Å². The van der Waals surface area contributed by atoms with Gasteiger partial charge in [-0.05, 0) is 108 Å². The summed E-state index contributed by atoms with van der Waals surface area (Å²) in [7, 11) is -2.79. The molecule has 5 aromatic rings. The van der Waals surface area contributed by atoms with Crippen LogP contribution in [0.1, 0.15) is 67.3 Å². The molecule has 2 aromatic heterocycles. The highest BCUT2D eigenvalue weighted by Crippen LogP contribution is 2.31. The zero-order valence-electron chi connectivity index (χ0n) is 42.1. The van der Waals surface area contributed by atoms with Crippen molar-refractivity contribution in [2.75, 3.05) is 62.8 Å². The standard InChI is InChI=1S/C51H62FIN8O11S2/c1-30-24-41(46(60(7)49(30)66)57-40-17-14-36(53)25-39(40)52)59-74(68,69)38-15-12-35(13-16-38)47(64)54-18-19-70-20-21-71-22-23-72-28-43(63)58-45(51(4,5)6)50(67)61-27-37(62)26-42(61)48(65)56-31(2)33-8-10-34(11-9-33)44-32(3)55-29-73-44/h8-17,24-25,29,31,37,42,45,57,59,62H,18-23,26-28H2,1-7H3,(H,54,64)(H,56,65)(H,58,63). The van der Waals surface area contributed by atoms with Crippen molar-refractivity contribution in [3.8, 4) is 10.4 Å². The minimum atomic E-state index is -4.23. The minimum Gasteiger partial charge on any atom is -0.391 e. The van der Waals surface area contributed by atoms with Crippen LogP contribution in [0.25, 0.3) is 10.4 Å². The Hall–Kier alpha value is -5.83. The second kappa shape index (κ2) is 25.6. The van der Waals surface area contributed by atoms with Crippen LogP contribution in [0, 0.1) is 28.6 Å². The molecule has 4 amide bonds. The number of halogens is 2. The van der Waals surface area contributed by atoms with Gasteiger partial charge in [0.25, 0.3) is 21.5 Å². The lowest BCUT2D eigenvalue weighted by molar-refractivity contribution is -0.144. The van der Waals surface area contributed by atoms with Crippen molar-refractivity contribution in [3.63, 3.8) is 0 Å². The Kier molecular flexibility index (Phi) is 19.9. The van der Waals surface area contributed by atoms with E-state index in [2.05, 4.69) is 31.0 Å². The highest BCUT2D eigenvalue weighted by Gasteiger charge is 2.44. The molecule has 6 N–H and O–H groups in total. The number of benzene rings is 3. The summed E-state index contributed by atoms with van der Waals surface area (Å²) in [5.41, 5.74) is 3.98. The van der Waals surface area contributed by atoms with Crippen molar-refractivity contribution in [2.45, 2.75) is 77.1 Å². The van der Waals surface area contributed by atoms with Gasteiger partial charge in [-0.3, -0.25) is 33.3 Å². The fourth-order valence-corrected chi connectivity index (χ4v) is 10.3. The molecule has 6 rings (SSSR count). The van der Waals surface area contributed by atoms with Crippen LogP contribution >= 0.6 is 33.9 Å². The number of thiazole rings is 1. The number of hydrogen-bond acceptors (Lipinski definition) is 14. The molecular formula is C51H62FIN8O11S2. The Morgan fingerprint density at radius 1 is 0.919 bits per heavy atom. The molecule has 3 heterocycles. The number of sulfonamides is 1. The summed E-state index contributed by atoms with van der Waals surface area (Å²) < 4.78 is 62.5. The average Bonchev–Trinajstić information content (AvgIpc) is 3.97. The molecule has 1 aliphatic rings. The molecule has 0 aliphatic carbocycles. The van der Waals surface area contributed by atoms with Crippen molar-refractivity contribution in [3.05, 3.63) is 120 Å². The lowest BCUT2D eigenvalue weighted by atomic mass is 9.85. The number of aliphatic hydroxyl groups excluding tert-OH is 1. The lowest BCUT2D eigenvalue weighted by Crippen LogP contribution is -2.58. The molecule has 3 aromatic carbocycles. The molecule has 4 unspecified atom stereocenters. The zero-order valence-corrected chi connectivity index (χ0v) is 45.9. The SMILES string of the molecule is Cc1ncsc1-c1ccc(C(C)NC(=O)C2CC(O)CN2C(=O)C(NC(=O)COCCOCCOCCNC(=O)c2ccc(S(=O)(=O)Nc3cc(C)c(=O)n(C)c3Nc3ccc(I)cc3F)cc2)C(C)(C)C)cc1. The number of carbonyl (C=O) groups excluding carboxylic acids is 4. The van der Waals surface area contributed by atoms with Gasteiger partial charge in [0, 0.05) is 41.3 Å². The number of β-amino-alcohol motifs (C(OH)–C–C–N with tert-alkyl or cyclic N) is 1. The topological polar surface area (TPSA) is 249 Å². The van der Waals surface area contributed by atoms with Crippen LogP contribution in [-0.2, 0) is 45.7 Å². The van der Waals surface area contributed by atoms with Gasteiger partial charge < -0.3 is 45.5 Å². The van der Waals surface area contributed by atoms with E-state index in [1.54, 1.807) is 43.7 Å². The van der Waals surface area contributed by atoms with Gasteiger partial charge in [0.1, 0.15) is 30.3 Å². The Morgan fingerprint density at radius 3 is 2.22 bits per heavy atom. The highest BCUT2D eigenvalue weighted by atomic mass is 127. The Balaban J connectivity index is 0.871. The van der Waals surface area contributed by atoms with Gasteiger partial charge in [-0.25, -0.2) is 17.8 Å². The lowest BCUT2D eigenvalue weighted by Gasteiger charge is -2.35. The number of ether oxygens (including phenoxy) is 3. The van der Waals surface area contributed by atoms with Crippen LogP contribution in [-0.4, -0.2) is 123 Å². The Bertz CT molecular complexity index is 2970. The first-order valence-electron chi connectivity index (χ1n) is 23.7.